The number of hydrogen-bond donors (Lipinski definition) is 4. The first-order valence-corrected chi connectivity index (χ1v) is 8.79. The van der Waals surface area contributed by atoms with Gasteiger partial charge >= 0.3 is 0 Å². The molecule has 0 unspecified atom stereocenters. The summed E-state index contributed by atoms with van der Waals surface area (Å²) in [6, 6.07) is 3.80. The highest BCUT2D eigenvalue weighted by molar-refractivity contribution is 6.17. The first-order chi connectivity index (χ1) is 12.2. The van der Waals surface area contributed by atoms with Crippen molar-refractivity contribution in [3.05, 3.63) is 34.5 Å². The van der Waals surface area contributed by atoms with Crippen LogP contribution in [-0.2, 0) is 15.6 Å². The van der Waals surface area contributed by atoms with Gasteiger partial charge in [-0.3, -0.25) is 15.5 Å². The van der Waals surface area contributed by atoms with E-state index in [0.29, 0.717) is 11.4 Å². The summed E-state index contributed by atoms with van der Waals surface area (Å²) in [4.78, 5) is 17.7. The van der Waals surface area contributed by atoms with Crippen LogP contribution in [0.5, 0.6) is 5.75 Å². The van der Waals surface area contributed by atoms with Gasteiger partial charge in [0.15, 0.2) is 0 Å². The molecule has 7 nitrogen and oxygen atoms in total. The van der Waals surface area contributed by atoms with Gasteiger partial charge in [-0.15, -0.1) is 0 Å². The number of hydrogen-bond acceptors (Lipinski definition) is 3. The summed E-state index contributed by atoms with van der Waals surface area (Å²) in [5.74, 6) is -0.196. The summed E-state index contributed by atoms with van der Waals surface area (Å²) < 4.78 is 0. The van der Waals surface area contributed by atoms with E-state index in [-0.39, 0.29) is 28.7 Å². The molecule has 1 aliphatic heterocycles. The fourth-order valence-corrected chi connectivity index (χ4v) is 2.94. The standard InChI is InChI=1S/C20H29N5O2/c1-19(2,3)12-8-11(9-13(15(12)26)20(4,5)6)10-14-16(27)23-18(25(14)7)24-17(21)22/h8-10,26H,1-7H3,(H4,21,22,23,24,27). The van der Waals surface area contributed by atoms with Crippen molar-refractivity contribution in [1.29, 1.82) is 5.41 Å². The summed E-state index contributed by atoms with van der Waals surface area (Å²) in [7, 11) is 1.68. The Morgan fingerprint density at radius 3 is 2.07 bits per heavy atom. The van der Waals surface area contributed by atoms with Crippen LogP contribution in [0.3, 0.4) is 0 Å². The zero-order chi connectivity index (χ0) is 20.7. The Morgan fingerprint density at radius 1 is 1.19 bits per heavy atom. The van der Waals surface area contributed by atoms with Crippen LogP contribution < -0.4 is 11.1 Å². The Labute approximate surface area is 160 Å². The molecule has 0 spiro atoms. The summed E-state index contributed by atoms with van der Waals surface area (Å²) in [6.07, 6.45) is 1.75. The largest absolute Gasteiger partial charge is 0.507 e. The maximum absolute atomic E-state index is 12.3. The number of nitrogens with one attached hydrogen (secondary N) is 2. The number of likely N-dealkylation sites (N-methyl/N-ethyl adjacent to an activating group) is 1. The van der Waals surface area contributed by atoms with Gasteiger partial charge in [0.1, 0.15) is 11.4 Å². The highest BCUT2D eigenvalue weighted by Gasteiger charge is 2.30. The van der Waals surface area contributed by atoms with E-state index in [4.69, 9.17) is 11.1 Å². The van der Waals surface area contributed by atoms with Gasteiger partial charge < -0.3 is 15.7 Å². The molecule has 0 saturated carbocycles. The number of guanidine groups is 2. The Morgan fingerprint density at radius 2 is 1.67 bits per heavy atom. The first kappa shape index (κ1) is 20.5. The Kier molecular flexibility index (Phi) is 5.10. The second kappa shape index (κ2) is 6.72. The van der Waals surface area contributed by atoms with E-state index in [2.05, 4.69) is 10.3 Å². The summed E-state index contributed by atoms with van der Waals surface area (Å²) in [5, 5.41) is 20.7. The third-order valence-electron chi connectivity index (χ3n) is 4.42. The number of phenols is 1. The normalized spacial score (nSPS) is 18.3. The number of amides is 1. The summed E-state index contributed by atoms with van der Waals surface area (Å²) >= 11 is 0. The van der Waals surface area contributed by atoms with Gasteiger partial charge in [-0.2, -0.15) is 4.99 Å². The average Bonchev–Trinajstić information content (AvgIpc) is 2.73. The van der Waals surface area contributed by atoms with Crippen molar-refractivity contribution < 1.29 is 9.90 Å². The van der Waals surface area contributed by atoms with Gasteiger partial charge in [-0.05, 0) is 34.6 Å². The third-order valence-corrected chi connectivity index (χ3v) is 4.42. The molecule has 0 radical (unpaired) electrons. The van der Waals surface area contributed by atoms with Crippen LogP contribution in [0, 0.1) is 5.41 Å². The van der Waals surface area contributed by atoms with Crippen LogP contribution in [0.15, 0.2) is 22.8 Å². The van der Waals surface area contributed by atoms with E-state index < -0.39 is 0 Å². The van der Waals surface area contributed by atoms with E-state index in [9.17, 15) is 9.90 Å². The highest BCUT2D eigenvalue weighted by Crippen LogP contribution is 2.40. The minimum absolute atomic E-state index is 0.213. The second-order valence-corrected chi connectivity index (χ2v) is 8.83. The molecule has 1 aromatic carbocycles. The number of benzene rings is 1. The smallest absolute Gasteiger partial charge is 0.274 e. The number of aliphatic imine (C=N–C) groups is 1. The fraction of sp³-hybridized carbons (Fsp3) is 0.450. The predicted molar refractivity (Wildman–Crippen MR) is 109 cm³/mol. The lowest BCUT2D eigenvalue weighted by Crippen LogP contribution is -2.29. The lowest BCUT2D eigenvalue weighted by atomic mass is 9.78. The number of nitrogens with zero attached hydrogens (tertiary/aromatic N) is 2. The summed E-state index contributed by atoms with van der Waals surface area (Å²) in [6.45, 7) is 12.2. The molecule has 1 saturated heterocycles. The number of carbonyl (C=O) groups excluding carboxylic acids is 1. The predicted octanol–water partition coefficient (Wildman–Crippen LogP) is 2.64. The number of carbonyl (C=O) groups is 1. The van der Waals surface area contributed by atoms with Gasteiger partial charge in [-0.1, -0.05) is 41.5 Å². The fourth-order valence-electron chi connectivity index (χ4n) is 2.94. The minimum atomic E-state index is -0.381. The van der Waals surface area contributed by atoms with Gasteiger partial charge in [-0.25, -0.2) is 0 Å². The molecule has 1 fully saturated rings. The maximum Gasteiger partial charge on any atom is 0.274 e. The average molecular weight is 371 g/mol. The van der Waals surface area contributed by atoms with Crippen LogP contribution in [0.4, 0.5) is 0 Å². The van der Waals surface area contributed by atoms with E-state index in [0.717, 1.165) is 16.7 Å². The van der Waals surface area contributed by atoms with Crippen molar-refractivity contribution in [1.82, 2.24) is 10.2 Å². The zero-order valence-electron chi connectivity index (χ0n) is 17.1. The molecule has 1 aromatic rings. The first-order valence-electron chi connectivity index (χ1n) is 8.79. The molecule has 1 aliphatic rings. The van der Waals surface area contributed by atoms with Gasteiger partial charge in [0.2, 0.25) is 11.9 Å². The summed E-state index contributed by atoms with van der Waals surface area (Å²) in [5.41, 5.74) is 7.62. The molecule has 5 N–H and O–H groups in total. The quantitative estimate of drug-likeness (QED) is 0.345. The van der Waals surface area contributed by atoms with E-state index in [1.807, 2.05) is 53.7 Å². The lowest BCUT2D eigenvalue weighted by Gasteiger charge is -2.28. The van der Waals surface area contributed by atoms with E-state index in [1.54, 1.807) is 18.0 Å². The number of aromatic hydroxyl groups is 1. The van der Waals surface area contributed by atoms with E-state index in [1.165, 1.54) is 0 Å². The van der Waals surface area contributed by atoms with Crippen molar-refractivity contribution in [3.63, 3.8) is 0 Å². The van der Waals surface area contributed by atoms with Crippen molar-refractivity contribution >= 4 is 23.9 Å². The minimum Gasteiger partial charge on any atom is -0.507 e. The Balaban J connectivity index is 2.64. The molecule has 0 atom stereocenters. The molecule has 2 rings (SSSR count). The van der Waals surface area contributed by atoms with Crippen molar-refractivity contribution in [2.24, 2.45) is 10.7 Å². The van der Waals surface area contributed by atoms with Crippen molar-refractivity contribution in [2.75, 3.05) is 7.05 Å². The second-order valence-electron chi connectivity index (χ2n) is 8.83. The maximum atomic E-state index is 12.3. The Hall–Kier alpha value is -2.83. The lowest BCUT2D eigenvalue weighted by molar-refractivity contribution is -0.115. The molecule has 0 bridgehead atoms. The molecule has 1 amide bonds. The van der Waals surface area contributed by atoms with Crippen LogP contribution in [0.1, 0.15) is 58.2 Å². The third kappa shape index (κ3) is 4.30. The number of phenolic OH excluding ortho intramolecular Hbond substituents is 1. The van der Waals surface area contributed by atoms with Crippen molar-refractivity contribution in [2.45, 2.75) is 52.4 Å². The molecule has 1 heterocycles. The SMILES string of the molecule is CN1C(=Cc2cc(C(C)(C)C)c(O)c(C(C)(C)C)c2)C(=O)NC1=NC(=N)N. The van der Waals surface area contributed by atoms with Gasteiger partial charge in [0.25, 0.3) is 5.91 Å². The highest BCUT2D eigenvalue weighted by atomic mass is 16.3. The molecule has 146 valence electrons. The molecular weight excluding hydrogens is 342 g/mol. The van der Waals surface area contributed by atoms with Crippen LogP contribution in [0.2, 0.25) is 0 Å². The van der Waals surface area contributed by atoms with Crippen LogP contribution in [-0.4, -0.2) is 34.9 Å². The van der Waals surface area contributed by atoms with Gasteiger partial charge in [0.05, 0.1) is 0 Å². The number of nitrogens with two attached hydrogens (primary N) is 1. The molecule has 0 aromatic heterocycles. The molecular formula is C20H29N5O2. The zero-order valence-corrected chi connectivity index (χ0v) is 17.1. The Bertz CT molecular complexity index is 819. The van der Waals surface area contributed by atoms with Crippen LogP contribution >= 0.6 is 0 Å². The molecule has 0 aliphatic carbocycles. The molecule has 27 heavy (non-hydrogen) atoms. The number of rotatable bonds is 1. The monoisotopic (exact) mass is 371 g/mol. The topological polar surface area (TPSA) is 115 Å². The van der Waals surface area contributed by atoms with Crippen molar-refractivity contribution in [3.8, 4) is 5.75 Å². The molecule has 7 heteroatoms. The van der Waals surface area contributed by atoms with E-state index >= 15 is 0 Å². The van der Waals surface area contributed by atoms with Crippen LogP contribution in [0.25, 0.3) is 6.08 Å². The van der Waals surface area contributed by atoms with Gasteiger partial charge in [0, 0.05) is 18.2 Å².